The SMILES string of the molecule is CCCC1CN(CCC2CCNCC2)C(=O)N1C. The third kappa shape index (κ3) is 3.16. The summed E-state index contributed by atoms with van der Waals surface area (Å²) in [4.78, 5) is 16.1. The van der Waals surface area contributed by atoms with Crippen molar-refractivity contribution in [2.45, 2.75) is 45.1 Å². The van der Waals surface area contributed by atoms with Gasteiger partial charge in [-0.25, -0.2) is 4.79 Å². The van der Waals surface area contributed by atoms with Crippen LogP contribution in [0.15, 0.2) is 0 Å². The lowest BCUT2D eigenvalue weighted by Gasteiger charge is -2.24. The van der Waals surface area contributed by atoms with Gasteiger partial charge in [-0.3, -0.25) is 0 Å². The molecule has 2 aliphatic heterocycles. The molecule has 0 aromatic carbocycles. The molecule has 1 atom stereocenters. The summed E-state index contributed by atoms with van der Waals surface area (Å²) in [5.41, 5.74) is 0. The van der Waals surface area contributed by atoms with Gasteiger partial charge in [-0.2, -0.15) is 0 Å². The lowest BCUT2D eigenvalue weighted by molar-refractivity contribution is 0.191. The van der Waals surface area contributed by atoms with Gasteiger partial charge in [-0.15, -0.1) is 0 Å². The van der Waals surface area contributed by atoms with Crippen molar-refractivity contribution in [3.63, 3.8) is 0 Å². The van der Waals surface area contributed by atoms with Crippen LogP contribution in [0.1, 0.15) is 39.0 Å². The molecule has 0 bridgehead atoms. The molecule has 2 aliphatic rings. The Hall–Kier alpha value is -0.770. The Bertz CT molecular complexity index is 276. The highest BCUT2D eigenvalue weighted by molar-refractivity contribution is 5.76. The summed E-state index contributed by atoms with van der Waals surface area (Å²) in [6.45, 7) is 6.38. The topological polar surface area (TPSA) is 35.6 Å². The van der Waals surface area contributed by atoms with Gasteiger partial charge in [0.2, 0.25) is 0 Å². The second-order valence-electron chi connectivity index (χ2n) is 5.76. The molecule has 0 saturated carbocycles. The molecular formula is C14H27N3O. The zero-order valence-electron chi connectivity index (χ0n) is 11.8. The van der Waals surface area contributed by atoms with Crippen LogP contribution in [0, 0.1) is 5.92 Å². The fourth-order valence-electron chi connectivity index (χ4n) is 3.15. The van der Waals surface area contributed by atoms with Crippen molar-refractivity contribution in [3.05, 3.63) is 0 Å². The number of piperidine rings is 1. The number of hydrogen-bond acceptors (Lipinski definition) is 2. The van der Waals surface area contributed by atoms with Crippen LogP contribution in [0.4, 0.5) is 4.79 Å². The van der Waals surface area contributed by atoms with E-state index in [0.717, 1.165) is 44.9 Å². The third-order valence-corrected chi connectivity index (χ3v) is 4.44. The lowest BCUT2D eigenvalue weighted by atomic mass is 9.94. The van der Waals surface area contributed by atoms with Crippen LogP contribution in [-0.4, -0.2) is 55.1 Å². The van der Waals surface area contributed by atoms with Crippen LogP contribution < -0.4 is 5.32 Å². The average Bonchev–Trinajstić information content (AvgIpc) is 2.66. The molecule has 4 nitrogen and oxygen atoms in total. The van der Waals surface area contributed by atoms with Crippen LogP contribution in [0.25, 0.3) is 0 Å². The van der Waals surface area contributed by atoms with Crippen LogP contribution in [0.5, 0.6) is 0 Å². The van der Waals surface area contributed by atoms with Crippen molar-refractivity contribution in [1.82, 2.24) is 15.1 Å². The zero-order valence-corrected chi connectivity index (χ0v) is 11.8. The normalized spacial score (nSPS) is 26.1. The second-order valence-corrected chi connectivity index (χ2v) is 5.76. The fraction of sp³-hybridized carbons (Fsp3) is 0.929. The molecule has 0 aliphatic carbocycles. The number of likely N-dealkylation sites (N-methyl/N-ethyl adjacent to an activating group) is 1. The number of carbonyl (C=O) groups is 1. The van der Waals surface area contributed by atoms with Gasteiger partial charge in [0.1, 0.15) is 0 Å². The molecule has 104 valence electrons. The predicted molar refractivity (Wildman–Crippen MR) is 73.6 cm³/mol. The van der Waals surface area contributed by atoms with Gasteiger partial charge in [-0.05, 0) is 44.7 Å². The molecule has 1 N–H and O–H groups in total. The molecule has 4 heteroatoms. The van der Waals surface area contributed by atoms with Crippen LogP contribution in [-0.2, 0) is 0 Å². The summed E-state index contributed by atoms with van der Waals surface area (Å²) in [5.74, 6) is 0.814. The van der Waals surface area contributed by atoms with E-state index in [-0.39, 0.29) is 6.03 Å². The van der Waals surface area contributed by atoms with Crippen molar-refractivity contribution in [2.24, 2.45) is 5.92 Å². The third-order valence-electron chi connectivity index (χ3n) is 4.44. The largest absolute Gasteiger partial charge is 0.323 e. The summed E-state index contributed by atoms with van der Waals surface area (Å²) in [7, 11) is 1.95. The van der Waals surface area contributed by atoms with E-state index in [0.29, 0.717) is 6.04 Å². The van der Waals surface area contributed by atoms with Gasteiger partial charge >= 0.3 is 6.03 Å². The quantitative estimate of drug-likeness (QED) is 0.812. The van der Waals surface area contributed by atoms with Crippen LogP contribution in [0.2, 0.25) is 0 Å². The van der Waals surface area contributed by atoms with Gasteiger partial charge in [-0.1, -0.05) is 13.3 Å². The summed E-state index contributed by atoms with van der Waals surface area (Å²) in [5, 5.41) is 3.39. The molecule has 0 aromatic rings. The van der Waals surface area contributed by atoms with Crippen molar-refractivity contribution < 1.29 is 4.79 Å². The predicted octanol–water partition coefficient (Wildman–Crippen LogP) is 1.91. The van der Waals surface area contributed by atoms with E-state index >= 15 is 0 Å². The van der Waals surface area contributed by atoms with Gasteiger partial charge in [0.05, 0.1) is 6.04 Å². The monoisotopic (exact) mass is 253 g/mol. The highest BCUT2D eigenvalue weighted by atomic mass is 16.2. The van der Waals surface area contributed by atoms with Crippen LogP contribution >= 0.6 is 0 Å². The highest BCUT2D eigenvalue weighted by Crippen LogP contribution is 2.21. The standard InChI is InChI=1S/C14H27N3O/c1-3-4-13-11-17(14(18)16(13)2)10-7-12-5-8-15-9-6-12/h12-13,15H,3-11H2,1-2H3. The van der Waals surface area contributed by atoms with E-state index in [9.17, 15) is 4.79 Å². The van der Waals surface area contributed by atoms with E-state index in [1.807, 2.05) is 11.9 Å². The number of urea groups is 1. The van der Waals surface area contributed by atoms with Gasteiger partial charge in [0, 0.05) is 20.1 Å². The summed E-state index contributed by atoms with van der Waals surface area (Å²) >= 11 is 0. The molecule has 1 unspecified atom stereocenters. The molecule has 0 aromatic heterocycles. The highest BCUT2D eigenvalue weighted by Gasteiger charge is 2.33. The Morgan fingerprint density at radius 3 is 2.67 bits per heavy atom. The molecule has 18 heavy (non-hydrogen) atoms. The Morgan fingerprint density at radius 2 is 2.00 bits per heavy atom. The van der Waals surface area contributed by atoms with Crippen LogP contribution in [0.3, 0.4) is 0 Å². The minimum Gasteiger partial charge on any atom is -0.323 e. The minimum atomic E-state index is 0.238. The lowest BCUT2D eigenvalue weighted by Crippen LogP contribution is -2.33. The minimum absolute atomic E-state index is 0.238. The molecule has 2 amide bonds. The smallest absolute Gasteiger partial charge is 0.320 e. The maximum atomic E-state index is 12.1. The van der Waals surface area contributed by atoms with E-state index in [2.05, 4.69) is 17.1 Å². The Kier molecular flexibility index (Phi) is 4.87. The molecular weight excluding hydrogens is 226 g/mol. The Labute approximate surface area is 111 Å². The van der Waals surface area contributed by atoms with Gasteiger partial charge in [0.15, 0.2) is 0 Å². The average molecular weight is 253 g/mol. The molecule has 0 radical (unpaired) electrons. The number of hydrogen-bond donors (Lipinski definition) is 1. The second kappa shape index (κ2) is 6.41. The molecule has 0 spiro atoms. The molecule has 2 fully saturated rings. The van der Waals surface area contributed by atoms with Gasteiger partial charge < -0.3 is 15.1 Å². The number of rotatable bonds is 5. The van der Waals surface area contributed by atoms with Crippen molar-refractivity contribution in [1.29, 1.82) is 0 Å². The first-order valence-corrected chi connectivity index (χ1v) is 7.44. The van der Waals surface area contributed by atoms with Crippen molar-refractivity contribution in [2.75, 3.05) is 33.2 Å². The fourth-order valence-corrected chi connectivity index (χ4v) is 3.15. The number of carbonyl (C=O) groups excluding carboxylic acids is 1. The first-order chi connectivity index (χ1) is 8.72. The maximum Gasteiger partial charge on any atom is 0.320 e. The summed E-state index contributed by atoms with van der Waals surface area (Å²) in [6.07, 6.45) is 6.02. The van der Waals surface area contributed by atoms with Crippen molar-refractivity contribution in [3.8, 4) is 0 Å². The summed E-state index contributed by atoms with van der Waals surface area (Å²) in [6, 6.07) is 0.679. The van der Waals surface area contributed by atoms with Gasteiger partial charge in [0.25, 0.3) is 0 Å². The van der Waals surface area contributed by atoms with E-state index < -0.39 is 0 Å². The van der Waals surface area contributed by atoms with E-state index in [1.165, 1.54) is 19.3 Å². The van der Waals surface area contributed by atoms with E-state index in [1.54, 1.807) is 0 Å². The van der Waals surface area contributed by atoms with Crippen molar-refractivity contribution >= 4 is 6.03 Å². The number of nitrogens with zero attached hydrogens (tertiary/aromatic N) is 2. The zero-order chi connectivity index (χ0) is 13.0. The Balaban J connectivity index is 1.77. The first kappa shape index (κ1) is 13.7. The van der Waals surface area contributed by atoms with E-state index in [4.69, 9.17) is 0 Å². The molecule has 2 saturated heterocycles. The Morgan fingerprint density at radius 1 is 1.28 bits per heavy atom. The number of amides is 2. The molecule has 2 rings (SSSR count). The molecule has 2 heterocycles. The first-order valence-electron chi connectivity index (χ1n) is 7.44. The number of nitrogens with one attached hydrogen (secondary N) is 1. The summed E-state index contributed by atoms with van der Waals surface area (Å²) < 4.78 is 0. The maximum absolute atomic E-state index is 12.1.